The van der Waals surface area contributed by atoms with Gasteiger partial charge in [0.1, 0.15) is 0 Å². The summed E-state index contributed by atoms with van der Waals surface area (Å²) in [5.74, 6) is -0.0288. The van der Waals surface area contributed by atoms with Crippen LogP contribution in [0.2, 0.25) is 0 Å². The van der Waals surface area contributed by atoms with E-state index in [9.17, 15) is 4.79 Å². The lowest BCUT2D eigenvalue weighted by Gasteiger charge is -2.40. The van der Waals surface area contributed by atoms with Crippen LogP contribution < -0.4 is 5.73 Å². The molecule has 2 heterocycles. The molecule has 0 unspecified atom stereocenters. The number of aromatic nitrogens is 2. The zero-order chi connectivity index (χ0) is 14.0. The number of amides is 1. The molecule has 0 aromatic carbocycles. The van der Waals surface area contributed by atoms with Gasteiger partial charge in [0.2, 0.25) is 0 Å². The molecule has 0 aliphatic carbocycles. The van der Waals surface area contributed by atoms with Crippen molar-refractivity contribution in [1.82, 2.24) is 14.7 Å². The summed E-state index contributed by atoms with van der Waals surface area (Å²) < 4.78 is 1.59. The second kappa shape index (κ2) is 5.23. The number of nitrogen functional groups attached to an aromatic ring is 1. The fourth-order valence-corrected chi connectivity index (χ4v) is 2.96. The molecule has 1 aromatic heterocycles. The zero-order valence-corrected chi connectivity index (χ0v) is 12.1. The number of piperidine rings is 1. The van der Waals surface area contributed by atoms with Crippen LogP contribution in [-0.2, 0) is 7.05 Å². The third-order valence-corrected chi connectivity index (χ3v) is 4.67. The number of carbonyl (C=O) groups excluding carboxylic acids is 1. The van der Waals surface area contributed by atoms with E-state index < -0.39 is 0 Å². The quantitative estimate of drug-likeness (QED) is 0.908. The Morgan fingerprint density at radius 2 is 1.95 bits per heavy atom. The number of anilines is 1. The van der Waals surface area contributed by atoms with Crippen LogP contribution in [0.5, 0.6) is 0 Å². The van der Waals surface area contributed by atoms with Crippen LogP contribution in [0.3, 0.4) is 0 Å². The minimum atomic E-state index is -0.0288. The van der Waals surface area contributed by atoms with Gasteiger partial charge in [-0.05, 0) is 18.3 Å². The van der Waals surface area contributed by atoms with Gasteiger partial charge in [0.05, 0.1) is 5.69 Å². The lowest BCUT2D eigenvalue weighted by Crippen LogP contribution is -2.43. The monoisotopic (exact) mass is 264 g/mol. The van der Waals surface area contributed by atoms with Crippen molar-refractivity contribution in [3.05, 3.63) is 11.9 Å². The first-order valence-electron chi connectivity index (χ1n) is 7.09. The lowest BCUT2D eigenvalue weighted by atomic mass is 9.74. The second-order valence-electron chi connectivity index (χ2n) is 5.61. The average molecular weight is 264 g/mol. The summed E-state index contributed by atoms with van der Waals surface area (Å²) in [4.78, 5) is 14.3. The summed E-state index contributed by atoms with van der Waals surface area (Å²) in [5.41, 5.74) is 7.11. The highest BCUT2D eigenvalue weighted by Gasteiger charge is 2.34. The fourth-order valence-electron chi connectivity index (χ4n) is 2.96. The highest BCUT2D eigenvalue weighted by atomic mass is 16.2. The molecule has 1 aliphatic heterocycles. The Balaban J connectivity index is 2.06. The number of carbonyl (C=O) groups is 1. The van der Waals surface area contributed by atoms with Crippen molar-refractivity contribution in [3.8, 4) is 0 Å². The maximum absolute atomic E-state index is 12.4. The van der Waals surface area contributed by atoms with Crippen LogP contribution in [0.1, 0.15) is 50.0 Å². The highest BCUT2D eigenvalue weighted by Crippen LogP contribution is 2.38. The van der Waals surface area contributed by atoms with Gasteiger partial charge in [-0.15, -0.1) is 0 Å². The molecule has 1 amide bonds. The van der Waals surface area contributed by atoms with Crippen molar-refractivity contribution in [2.45, 2.75) is 39.5 Å². The average Bonchev–Trinajstić information content (AvgIpc) is 2.77. The molecule has 2 rings (SSSR count). The Bertz CT molecular complexity index is 452. The molecule has 106 valence electrons. The minimum Gasteiger partial charge on any atom is -0.396 e. The van der Waals surface area contributed by atoms with Gasteiger partial charge >= 0.3 is 0 Å². The normalized spacial score (nSPS) is 18.6. The molecule has 2 N–H and O–H groups in total. The topological polar surface area (TPSA) is 64.2 Å². The molecule has 0 radical (unpaired) electrons. The Morgan fingerprint density at radius 1 is 1.37 bits per heavy atom. The first-order chi connectivity index (χ1) is 9.01. The molecule has 0 atom stereocenters. The van der Waals surface area contributed by atoms with Gasteiger partial charge in [0.15, 0.2) is 5.69 Å². The number of rotatable bonds is 3. The lowest BCUT2D eigenvalue weighted by molar-refractivity contribution is 0.0552. The largest absolute Gasteiger partial charge is 0.396 e. The summed E-state index contributed by atoms with van der Waals surface area (Å²) in [5, 5.41) is 4.16. The highest BCUT2D eigenvalue weighted by molar-refractivity contribution is 5.97. The van der Waals surface area contributed by atoms with Crippen LogP contribution >= 0.6 is 0 Å². The van der Waals surface area contributed by atoms with Gasteiger partial charge in [-0.2, -0.15) is 5.10 Å². The van der Waals surface area contributed by atoms with Gasteiger partial charge in [0, 0.05) is 26.3 Å². The molecule has 0 bridgehead atoms. The Morgan fingerprint density at radius 3 is 2.37 bits per heavy atom. The van der Waals surface area contributed by atoms with Crippen molar-refractivity contribution in [2.75, 3.05) is 18.8 Å². The predicted octanol–water partition coefficient (Wildman–Crippen LogP) is 2.04. The minimum absolute atomic E-state index is 0.0288. The van der Waals surface area contributed by atoms with E-state index in [1.54, 1.807) is 17.9 Å². The summed E-state index contributed by atoms with van der Waals surface area (Å²) in [6, 6.07) is 0. The van der Waals surface area contributed by atoms with E-state index >= 15 is 0 Å². The molecule has 1 fully saturated rings. The van der Waals surface area contributed by atoms with Crippen molar-refractivity contribution >= 4 is 11.6 Å². The Hall–Kier alpha value is -1.52. The smallest absolute Gasteiger partial charge is 0.276 e. The maximum atomic E-state index is 12.4. The fraction of sp³-hybridized carbons (Fsp3) is 0.714. The van der Waals surface area contributed by atoms with E-state index in [-0.39, 0.29) is 5.91 Å². The number of aryl methyl sites for hydroxylation is 1. The number of hydrogen-bond acceptors (Lipinski definition) is 3. The van der Waals surface area contributed by atoms with Crippen molar-refractivity contribution < 1.29 is 4.79 Å². The van der Waals surface area contributed by atoms with Crippen LogP contribution in [0.4, 0.5) is 5.69 Å². The Kier molecular flexibility index (Phi) is 3.83. The van der Waals surface area contributed by atoms with Gasteiger partial charge < -0.3 is 10.6 Å². The second-order valence-corrected chi connectivity index (χ2v) is 5.61. The van der Waals surface area contributed by atoms with Gasteiger partial charge in [0.25, 0.3) is 5.91 Å². The molecular weight excluding hydrogens is 240 g/mol. The van der Waals surface area contributed by atoms with E-state index in [0.29, 0.717) is 16.8 Å². The van der Waals surface area contributed by atoms with Gasteiger partial charge in [-0.1, -0.05) is 26.7 Å². The molecule has 1 aromatic rings. The zero-order valence-electron chi connectivity index (χ0n) is 12.1. The van der Waals surface area contributed by atoms with E-state index in [4.69, 9.17) is 5.73 Å². The first-order valence-corrected chi connectivity index (χ1v) is 7.09. The van der Waals surface area contributed by atoms with Crippen molar-refractivity contribution in [1.29, 1.82) is 0 Å². The summed E-state index contributed by atoms with van der Waals surface area (Å²) >= 11 is 0. The third-order valence-electron chi connectivity index (χ3n) is 4.67. The van der Waals surface area contributed by atoms with Crippen molar-refractivity contribution in [3.63, 3.8) is 0 Å². The SMILES string of the molecule is CCC1(CC)CCN(C(=O)c2nn(C)cc2N)CC1. The number of nitrogens with two attached hydrogens (primary N) is 1. The molecule has 0 spiro atoms. The van der Waals surface area contributed by atoms with Crippen molar-refractivity contribution in [2.24, 2.45) is 12.5 Å². The first kappa shape index (κ1) is 13.9. The molecule has 19 heavy (non-hydrogen) atoms. The van der Waals surface area contributed by atoms with E-state index in [1.807, 2.05) is 4.90 Å². The van der Waals surface area contributed by atoms with E-state index in [0.717, 1.165) is 25.9 Å². The number of hydrogen-bond donors (Lipinski definition) is 1. The summed E-state index contributed by atoms with van der Waals surface area (Å²) in [6.07, 6.45) is 6.23. The summed E-state index contributed by atoms with van der Waals surface area (Å²) in [6.45, 7) is 6.13. The van der Waals surface area contributed by atoms with Crippen LogP contribution in [-0.4, -0.2) is 33.7 Å². The van der Waals surface area contributed by atoms with E-state index in [2.05, 4.69) is 18.9 Å². The number of nitrogens with zero attached hydrogens (tertiary/aromatic N) is 3. The summed E-state index contributed by atoms with van der Waals surface area (Å²) in [7, 11) is 1.78. The molecule has 0 saturated carbocycles. The molecule has 1 aliphatic rings. The molecule has 5 nitrogen and oxygen atoms in total. The molecular formula is C14H24N4O. The number of likely N-dealkylation sites (tertiary alicyclic amines) is 1. The predicted molar refractivity (Wildman–Crippen MR) is 75.8 cm³/mol. The van der Waals surface area contributed by atoms with Gasteiger partial charge in [-0.3, -0.25) is 9.48 Å². The maximum Gasteiger partial charge on any atom is 0.276 e. The van der Waals surface area contributed by atoms with E-state index in [1.165, 1.54) is 12.8 Å². The van der Waals surface area contributed by atoms with Crippen LogP contribution in [0, 0.1) is 5.41 Å². The molecule has 5 heteroatoms. The molecule has 1 saturated heterocycles. The van der Waals surface area contributed by atoms with Crippen LogP contribution in [0.25, 0.3) is 0 Å². The Labute approximate surface area is 114 Å². The van der Waals surface area contributed by atoms with Gasteiger partial charge in [-0.25, -0.2) is 0 Å². The standard InChI is InChI=1S/C14H24N4O/c1-4-14(5-2)6-8-18(9-7-14)13(19)12-11(15)10-17(3)16-12/h10H,4-9,15H2,1-3H3. The van der Waals surface area contributed by atoms with Crippen LogP contribution in [0.15, 0.2) is 6.20 Å². The third kappa shape index (κ3) is 2.60.